The van der Waals surface area contributed by atoms with Gasteiger partial charge in [0.2, 0.25) is 0 Å². The Kier molecular flexibility index (Phi) is 5.26. The highest BCUT2D eigenvalue weighted by molar-refractivity contribution is 9.10. The number of hydrogen-bond donors (Lipinski definition) is 1. The van der Waals surface area contributed by atoms with Crippen molar-refractivity contribution in [1.29, 1.82) is 0 Å². The van der Waals surface area contributed by atoms with E-state index in [1.807, 2.05) is 13.1 Å². The zero-order valence-corrected chi connectivity index (χ0v) is 10.8. The molecule has 0 spiro atoms. The molecule has 0 bridgehead atoms. The molecule has 0 fully saturated rings. The van der Waals surface area contributed by atoms with Crippen molar-refractivity contribution in [2.24, 2.45) is 5.92 Å². The Morgan fingerprint density at radius 2 is 2.13 bits per heavy atom. The van der Waals surface area contributed by atoms with E-state index >= 15 is 0 Å². The average Bonchev–Trinajstić information content (AvgIpc) is 2.14. The van der Waals surface area contributed by atoms with Crippen LogP contribution in [0.4, 0.5) is 4.39 Å². The lowest BCUT2D eigenvalue weighted by Gasteiger charge is -2.10. The van der Waals surface area contributed by atoms with Gasteiger partial charge in [0, 0.05) is 4.47 Å². The lowest BCUT2D eigenvalue weighted by atomic mass is 10.0. The van der Waals surface area contributed by atoms with E-state index in [9.17, 15) is 4.39 Å². The summed E-state index contributed by atoms with van der Waals surface area (Å²) in [6.07, 6.45) is 2.01. The molecule has 0 saturated heterocycles. The third-order valence-electron chi connectivity index (χ3n) is 2.40. The Morgan fingerprint density at radius 1 is 1.40 bits per heavy atom. The maximum atomic E-state index is 13.1. The van der Waals surface area contributed by atoms with Crippen molar-refractivity contribution in [2.45, 2.75) is 19.8 Å². The zero-order chi connectivity index (χ0) is 11.3. The van der Waals surface area contributed by atoms with Crippen molar-refractivity contribution >= 4 is 15.9 Å². The molecule has 0 aromatic heterocycles. The van der Waals surface area contributed by atoms with E-state index in [0.29, 0.717) is 5.92 Å². The van der Waals surface area contributed by atoms with Crippen LogP contribution >= 0.6 is 15.9 Å². The summed E-state index contributed by atoms with van der Waals surface area (Å²) in [4.78, 5) is 0. The highest BCUT2D eigenvalue weighted by Crippen LogP contribution is 2.17. The first kappa shape index (κ1) is 12.7. The van der Waals surface area contributed by atoms with Gasteiger partial charge in [-0.15, -0.1) is 0 Å². The molecule has 0 aliphatic heterocycles. The molecule has 15 heavy (non-hydrogen) atoms. The van der Waals surface area contributed by atoms with Gasteiger partial charge in [-0.1, -0.05) is 22.9 Å². The normalized spacial score (nSPS) is 12.8. The molecular formula is C12H17BrFN. The molecule has 1 atom stereocenters. The highest BCUT2D eigenvalue weighted by atomic mass is 79.9. The van der Waals surface area contributed by atoms with Gasteiger partial charge in [0.05, 0.1) is 0 Å². The third kappa shape index (κ3) is 4.76. The molecule has 0 aliphatic rings. The predicted molar refractivity (Wildman–Crippen MR) is 65.5 cm³/mol. The number of rotatable bonds is 5. The summed E-state index contributed by atoms with van der Waals surface area (Å²) in [5, 5.41) is 3.14. The Morgan fingerprint density at radius 3 is 2.73 bits per heavy atom. The molecular weight excluding hydrogens is 257 g/mol. The quantitative estimate of drug-likeness (QED) is 0.868. The fourth-order valence-electron chi connectivity index (χ4n) is 1.62. The van der Waals surface area contributed by atoms with Crippen LogP contribution in [0.5, 0.6) is 0 Å². The van der Waals surface area contributed by atoms with Gasteiger partial charge in [0.15, 0.2) is 0 Å². The maximum absolute atomic E-state index is 13.1. The number of nitrogens with one attached hydrogen (secondary N) is 1. The molecule has 0 radical (unpaired) electrons. The van der Waals surface area contributed by atoms with Crippen LogP contribution in [0.15, 0.2) is 22.7 Å². The van der Waals surface area contributed by atoms with Crippen molar-refractivity contribution in [3.63, 3.8) is 0 Å². The standard InChI is InChI=1S/C12H17BrFN/c1-9(8-15-2)3-4-10-5-11(13)7-12(14)6-10/h5-7,9,15H,3-4,8H2,1-2H3. The molecule has 1 rings (SSSR count). The second-order valence-corrected chi connectivity index (χ2v) is 4.89. The first-order valence-corrected chi connectivity index (χ1v) is 6.00. The number of aryl methyl sites for hydroxylation is 1. The van der Waals surface area contributed by atoms with Crippen LogP contribution in [0.3, 0.4) is 0 Å². The molecule has 1 nitrogen and oxygen atoms in total. The Labute approximate surface area is 99.2 Å². The van der Waals surface area contributed by atoms with Crippen LogP contribution in [0.25, 0.3) is 0 Å². The molecule has 3 heteroatoms. The second kappa shape index (κ2) is 6.23. The molecule has 0 saturated carbocycles. The number of benzene rings is 1. The van der Waals surface area contributed by atoms with Gasteiger partial charge in [0.1, 0.15) is 5.82 Å². The van der Waals surface area contributed by atoms with Gasteiger partial charge < -0.3 is 5.32 Å². The summed E-state index contributed by atoms with van der Waals surface area (Å²) in [7, 11) is 1.95. The van der Waals surface area contributed by atoms with Crippen molar-refractivity contribution in [3.05, 3.63) is 34.1 Å². The topological polar surface area (TPSA) is 12.0 Å². The smallest absolute Gasteiger partial charge is 0.124 e. The minimum absolute atomic E-state index is 0.166. The highest BCUT2D eigenvalue weighted by Gasteiger charge is 2.03. The van der Waals surface area contributed by atoms with E-state index in [1.54, 1.807) is 6.07 Å². The molecule has 1 unspecified atom stereocenters. The first-order valence-electron chi connectivity index (χ1n) is 5.21. The Balaban J connectivity index is 2.50. The first-order chi connectivity index (χ1) is 7.11. The molecule has 0 amide bonds. The van der Waals surface area contributed by atoms with Crippen LogP contribution in [-0.4, -0.2) is 13.6 Å². The van der Waals surface area contributed by atoms with Crippen LogP contribution in [0.2, 0.25) is 0 Å². The fraction of sp³-hybridized carbons (Fsp3) is 0.500. The van der Waals surface area contributed by atoms with Gasteiger partial charge in [-0.25, -0.2) is 4.39 Å². The van der Waals surface area contributed by atoms with E-state index in [-0.39, 0.29) is 5.82 Å². The largest absolute Gasteiger partial charge is 0.319 e. The molecule has 0 heterocycles. The SMILES string of the molecule is CNCC(C)CCc1cc(F)cc(Br)c1. The van der Waals surface area contributed by atoms with Gasteiger partial charge in [-0.3, -0.25) is 0 Å². The van der Waals surface area contributed by atoms with E-state index in [4.69, 9.17) is 0 Å². The number of halogens is 2. The van der Waals surface area contributed by atoms with Crippen LogP contribution in [0.1, 0.15) is 18.9 Å². The van der Waals surface area contributed by atoms with Gasteiger partial charge in [0.25, 0.3) is 0 Å². The molecule has 1 N–H and O–H groups in total. The Bertz CT molecular complexity index is 294. The lowest BCUT2D eigenvalue weighted by molar-refractivity contribution is 0.504. The minimum atomic E-state index is -0.166. The van der Waals surface area contributed by atoms with E-state index < -0.39 is 0 Å². The monoisotopic (exact) mass is 273 g/mol. The van der Waals surface area contributed by atoms with Crippen LogP contribution in [-0.2, 0) is 6.42 Å². The molecule has 84 valence electrons. The number of hydrogen-bond acceptors (Lipinski definition) is 1. The Hall–Kier alpha value is -0.410. The predicted octanol–water partition coefficient (Wildman–Crippen LogP) is 3.38. The third-order valence-corrected chi connectivity index (χ3v) is 2.86. The summed E-state index contributed by atoms with van der Waals surface area (Å²) in [6.45, 7) is 3.21. The zero-order valence-electron chi connectivity index (χ0n) is 9.19. The maximum Gasteiger partial charge on any atom is 0.124 e. The second-order valence-electron chi connectivity index (χ2n) is 3.98. The summed E-state index contributed by atoms with van der Waals surface area (Å²) in [5.41, 5.74) is 1.06. The average molecular weight is 274 g/mol. The van der Waals surface area contributed by atoms with Gasteiger partial charge >= 0.3 is 0 Å². The molecule has 1 aromatic rings. The van der Waals surface area contributed by atoms with Crippen LogP contribution < -0.4 is 5.32 Å². The lowest BCUT2D eigenvalue weighted by Crippen LogP contribution is -2.16. The summed E-state index contributed by atoms with van der Waals surface area (Å²) in [6, 6.07) is 5.08. The van der Waals surface area contributed by atoms with Gasteiger partial charge in [-0.2, -0.15) is 0 Å². The van der Waals surface area contributed by atoms with Gasteiger partial charge in [-0.05, 0) is 56.1 Å². The molecule has 0 aliphatic carbocycles. The minimum Gasteiger partial charge on any atom is -0.319 e. The van der Waals surface area contributed by atoms with E-state index in [2.05, 4.69) is 28.2 Å². The van der Waals surface area contributed by atoms with Crippen LogP contribution in [0, 0.1) is 11.7 Å². The van der Waals surface area contributed by atoms with E-state index in [1.165, 1.54) is 6.07 Å². The molecule has 1 aromatic carbocycles. The van der Waals surface area contributed by atoms with Crippen molar-refractivity contribution in [3.8, 4) is 0 Å². The summed E-state index contributed by atoms with van der Waals surface area (Å²) >= 11 is 3.30. The van der Waals surface area contributed by atoms with Crippen molar-refractivity contribution in [1.82, 2.24) is 5.32 Å². The van der Waals surface area contributed by atoms with Crippen molar-refractivity contribution < 1.29 is 4.39 Å². The fourth-order valence-corrected chi connectivity index (χ4v) is 2.13. The van der Waals surface area contributed by atoms with Crippen molar-refractivity contribution in [2.75, 3.05) is 13.6 Å². The summed E-state index contributed by atoms with van der Waals surface area (Å²) in [5.74, 6) is 0.456. The van der Waals surface area contributed by atoms with E-state index in [0.717, 1.165) is 29.4 Å². The summed E-state index contributed by atoms with van der Waals surface area (Å²) < 4.78 is 13.9.